The Balaban J connectivity index is 2.10. The second-order valence-electron chi connectivity index (χ2n) is 4.57. The van der Waals surface area contributed by atoms with Crippen LogP contribution >= 0.6 is 0 Å². The summed E-state index contributed by atoms with van der Waals surface area (Å²) in [6.45, 7) is 1.90. The van der Waals surface area contributed by atoms with E-state index in [0.717, 1.165) is 17.2 Å². The Morgan fingerprint density at radius 1 is 1.30 bits per heavy atom. The Labute approximate surface area is 115 Å². The number of hydrogen-bond donors (Lipinski definition) is 0. The molecule has 3 heterocycles. The number of nitrogens with zero attached hydrogens (tertiary/aromatic N) is 6. The molecule has 7 heteroatoms. The summed E-state index contributed by atoms with van der Waals surface area (Å²) in [4.78, 5) is 14.4. The molecule has 20 heavy (non-hydrogen) atoms. The number of aliphatic imine (C=N–C) groups is 1. The van der Waals surface area contributed by atoms with Gasteiger partial charge in [0, 0.05) is 20.3 Å². The lowest BCUT2D eigenvalue weighted by Crippen LogP contribution is -2.07. The fourth-order valence-electron chi connectivity index (χ4n) is 1.76. The molecule has 0 saturated heterocycles. The third-order valence-corrected chi connectivity index (χ3v) is 2.63. The van der Waals surface area contributed by atoms with Crippen molar-refractivity contribution in [2.45, 2.75) is 6.92 Å². The van der Waals surface area contributed by atoms with Crippen molar-refractivity contribution in [3.05, 3.63) is 30.2 Å². The monoisotopic (exact) mass is 270 g/mol. The molecular formula is C13H14N6O. The summed E-state index contributed by atoms with van der Waals surface area (Å²) >= 11 is 0. The molecule has 0 bridgehead atoms. The van der Waals surface area contributed by atoms with Crippen LogP contribution in [0.5, 0.6) is 0 Å². The molecule has 0 unspecified atom stereocenters. The van der Waals surface area contributed by atoms with E-state index in [2.05, 4.69) is 20.1 Å². The van der Waals surface area contributed by atoms with Gasteiger partial charge in [0.15, 0.2) is 5.76 Å². The number of furan rings is 1. The van der Waals surface area contributed by atoms with Crippen LogP contribution in [0.15, 0.2) is 33.8 Å². The predicted molar refractivity (Wildman–Crippen MR) is 75.1 cm³/mol. The van der Waals surface area contributed by atoms with Crippen molar-refractivity contribution < 1.29 is 4.42 Å². The molecule has 0 amide bonds. The maximum Gasteiger partial charge on any atom is 0.272 e. The number of aryl methyl sites for hydroxylation is 1. The molecule has 3 rings (SSSR count). The fourth-order valence-corrected chi connectivity index (χ4v) is 1.76. The average Bonchev–Trinajstić information content (AvgIpc) is 3.01. The van der Waals surface area contributed by atoms with Gasteiger partial charge in [0.25, 0.3) is 11.7 Å². The second-order valence-corrected chi connectivity index (χ2v) is 4.57. The molecular weight excluding hydrogens is 256 g/mol. The van der Waals surface area contributed by atoms with E-state index in [1.54, 1.807) is 17.1 Å². The molecule has 0 fully saturated rings. The van der Waals surface area contributed by atoms with Crippen LogP contribution in [-0.4, -0.2) is 44.9 Å². The lowest BCUT2D eigenvalue weighted by Gasteiger charge is -1.99. The van der Waals surface area contributed by atoms with E-state index >= 15 is 0 Å². The molecule has 0 aliphatic rings. The van der Waals surface area contributed by atoms with Gasteiger partial charge in [0.05, 0.1) is 6.34 Å². The normalized spacial score (nSPS) is 11.6. The Hall–Kier alpha value is -2.70. The summed E-state index contributed by atoms with van der Waals surface area (Å²) in [5.41, 5.74) is 0.793. The predicted octanol–water partition coefficient (Wildman–Crippen LogP) is 1.91. The third-order valence-electron chi connectivity index (χ3n) is 2.63. The van der Waals surface area contributed by atoms with Crippen molar-refractivity contribution in [2.24, 2.45) is 4.99 Å². The molecule has 0 N–H and O–H groups in total. The zero-order valence-corrected chi connectivity index (χ0v) is 11.5. The van der Waals surface area contributed by atoms with Gasteiger partial charge in [-0.3, -0.25) is 0 Å². The molecule has 0 atom stereocenters. The van der Waals surface area contributed by atoms with Crippen LogP contribution < -0.4 is 0 Å². The first kappa shape index (κ1) is 12.3. The van der Waals surface area contributed by atoms with Crippen molar-refractivity contribution in [3.8, 4) is 11.5 Å². The Morgan fingerprint density at radius 2 is 2.15 bits per heavy atom. The van der Waals surface area contributed by atoms with Gasteiger partial charge in [-0.15, -0.1) is 5.10 Å². The number of fused-ring (bicyclic) bond motifs is 1. The van der Waals surface area contributed by atoms with Crippen LogP contribution in [0.2, 0.25) is 0 Å². The van der Waals surface area contributed by atoms with Crippen molar-refractivity contribution in [3.63, 3.8) is 0 Å². The van der Waals surface area contributed by atoms with E-state index in [-0.39, 0.29) is 0 Å². The number of rotatable bonds is 3. The van der Waals surface area contributed by atoms with Crippen molar-refractivity contribution in [2.75, 3.05) is 14.1 Å². The minimum atomic E-state index is 0.363. The quantitative estimate of drug-likeness (QED) is 0.537. The molecule has 102 valence electrons. The fraction of sp³-hybridized carbons (Fsp3) is 0.231. The van der Waals surface area contributed by atoms with E-state index in [4.69, 9.17) is 4.42 Å². The minimum absolute atomic E-state index is 0.363. The van der Waals surface area contributed by atoms with E-state index in [9.17, 15) is 0 Å². The highest BCUT2D eigenvalue weighted by Gasteiger charge is 2.11. The maximum absolute atomic E-state index is 5.62. The van der Waals surface area contributed by atoms with E-state index in [0.29, 0.717) is 11.7 Å². The minimum Gasteiger partial charge on any atom is -0.460 e. The van der Waals surface area contributed by atoms with Crippen LogP contribution in [0.25, 0.3) is 17.2 Å². The van der Waals surface area contributed by atoms with Gasteiger partial charge in [-0.25, -0.2) is 9.98 Å². The smallest absolute Gasteiger partial charge is 0.272 e. The Kier molecular flexibility index (Phi) is 2.94. The van der Waals surface area contributed by atoms with Crippen LogP contribution in [0.3, 0.4) is 0 Å². The van der Waals surface area contributed by atoms with Crippen molar-refractivity contribution in [1.82, 2.24) is 24.5 Å². The van der Waals surface area contributed by atoms with Gasteiger partial charge in [0.2, 0.25) is 0 Å². The molecule has 3 aromatic rings. The van der Waals surface area contributed by atoms with E-state index < -0.39 is 0 Å². The van der Waals surface area contributed by atoms with Crippen LogP contribution in [0, 0.1) is 6.92 Å². The van der Waals surface area contributed by atoms with Gasteiger partial charge in [-0.2, -0.15) is 9.50 Å². The highest BCUT2D eigenvalue weighted by atomic mass is 16.3. The summed E-state index contributed by atoms with van der Waals surface area (Å²) < 4.78 is 7.25. The van der Waals surface area contributed by atoms with Gasteiger partial charge in [0.1, 0.15) is 11.5 Å². The van der Waals surface area contributed by atoms with E-state index in [1.807, 2.05) is 44.1 Å². The SMILES string of the molecule is Cc1ccc(-c2ccnc3nc(N=CN(C)C)nn23)o1. The topological polar surface area (TPSA) is 71.8 Å². The number of aromatic nitrogens is 4. The molecule has 0 aliphatic carbocycles. The van der Waals surface area contributed by atoms with Crippen LogP contribution in [0.1, 0.15) is 5.76 Å². The van der Waals surface area contributed by atoms with Crippen molar-refractivity contribution in [1.29, 1.82) is 0 Å². The zero-order chi connectivity index (χ0) is 14.1. The second kappa shape index (κ2) is 4.76. The maximum atomic E-state index is 5.62. The first-order valence-corrected chi connectivity index (χ1v) is 6.13. The van der Waals surface area contributed by atoms with Gasteiger partial charge in [-0.05, 0) is 25.1 Å². The summed E-state index contributed by atoms with van der Waals surface area (Å²) in [5.74, 6) is 2.42. The first-order chi connectivity index (χ1) is 9.63. The van der Waals surface area contributed by atoms with Crippen LogP contribution in [0.4, 0.5) is 5.95 Å². The lowest BCUT2D eigenvalue weighted by atomic mass is 10.3. The van der Waals surface area contributed by atoms with E-state index in [1.165, 1.54) is 0 Å². The van der Waals surface area contributed by atoms with Gasteiger partial charge < -0.3 is 9.32 Å². The third kappa shape index (κ3) is 2.25. The largest absolute Gasteiger partial charge is 0.460 e. The van der Waals surface area contributed by atoms with Gasteiger partial charge in [-0.1, -0.05) is 0 Å². The van der Waals surface area contributed by atoms with Gasteiger partial charge >= 0.3 is 0 Å². The highest BCUT2D eigenvalue weighted by Crippen LogP contribution is 2.22. The molecule has 0 saturated carbocycles. The number of hydrogen-bond acceptors (Lipinski definition) is 5. The summed E-state index contributed by atoms with van der Waals surface area (Å²) in [6.07, 6.45) is 3.32. The lowest BCUT2D eigenvalue weighted by molar-refractivity contribution is 0.544. The molecule has 0 aliphatic heterocycles. The average molecular weight is 270 g/mol. The Morgan fingerprint density at radius 3 is 2.85 bits per heavy atom. The first-order valence-electron chi connectivity index (χ1n) is 6.13. The molecule has 7 nitrogen and oxygen atoms in total. The standard InChI is InChI=1S/C13H14N6O/c1-9-4-5-11(20-9)10-6-7-14-13-16-12(17-19(10)13)15-8-18(2)3/h4-8H,1-3H3. The van der Waals surface area contributed by atoms with Crippen molar-refractivity contribution >= 4 is 18.1 Å². The molecule has 0 aromatic carbocycles. The Bertz CT molecular complexity index is 770. The van der Waals surface area contributed by atoms with Crippen LogP contribution in [-0.2, 0) is 0 Å². The summed E-state index contributed by atoms with van der Waals surface area (Å²) in [7, 11) is 3.77. The molecule has 0 radical (unpaired) electrons. The summed E-state index contributed by atoms with van der Waals surface area (Å²) in [6, 6.07) is 5.64. The zero-order valence-electron chi connectivity index (χ0n) is 11.5. The highest BCUT2D eigenvalue weighted by molar-refractivity contribution is 5.60. The molecule has 0 spiro atoms. The molecule has 3 aromatic heterocycles. The summed E-state index contributed by atoms with van der Waals surface area (Å²) in [5, 5.41) is 4.33.